The van der Waals surface area contributed by atoms with Crippen molar-refractivity contribution >= 4 is 17.7 Å². The Hall–Kier alpha value is -3.26. The van der Waals surface area contributed by atoms with Gasteiger partial charge in [0, 0.05) is 19.6 Å². The van der Waals surface area contributed by atoms with Crippen molar-refractivity contribution in [2.45, 2.75) is 53.1 Å². The Morgan fingerprint density at radius 2 is 1.81 bits per heavy atom. The number of hydrogen-bond acceptors (Lipinski definition) is 5. The second-order valence-electron chi connectivity index (χ2n) is 9.14. The molecule has 198 valence electrons. The van der Waals surface area contributed by atoms with Crippen LogP contribution in [0, 0.1) is 12.8 Å². The molecular formula is C28H40N2O6. The van der Waals surface area contributed by atoms with Crippen molar-refractivity contribution in [2.75, 3.05) is 38.7 Å². The first-order valence-corrected chi connectivity index (χ1v) is 12.5. The minimum absolute atomic E-state index is 0.197. The number of methoxy groups -OCH3 is 1. The standard InChI is InChI=1S/C28H40N2O6/c1-6-35-26(27(31)32)19-22-10-12-23(13-11-22)36-17-16-30(15-7-8-20(2)3)28(33)29-24-18-21(4)9-14-25(24)34-5/h9-14,18,20,26H,6-8,15-17,19H2,1-5H3,(H,29,33)(H,31,32). The van der Waals surface area contributed by atoms with E-state index in [0.29, 0.717) is 49.4 Å². The quantitative estimate of drug-likeness (QED) is 0.341. The average Bonchev–Trinajstić information content (AvgIpc) is 2.83. The topological polar surface area (TPSA) is 97.3 Å². The van der Waals surface area contributed by atoms with E-state index in [1.54, 1.807) is 31.1 Å². The summed E-state index contributed by atoms with van der Waals surface area (Å²) in [6.07, 6.45) is 1.34. The van der Waals surface area contributed by atoms with E-state index in [1.165, 1.54) is 0 Å². The van der Waals surface area contributed by atoms with Crippen LogP contribution in [0.2, 0.25) is 0 Å². The normalized spacial score (nSPS) is 11.7. The van der Waals surface area contributed by atoms with Gasteiger partial charge in [-0.2, -0.15) is 0 Å². The lowest BCUT2D eigenvalue weighted by molar-refractivity contribution is -0.149. The largest absolute Gasteiger partial charge is 0.495 e. The number of carboxylic acids is 1. The molecule has 0 aliphatic heterocycles. The van der Waals surface area contributed by atoms with Crippen molar-refractivity contribution in [3.05, 3.63) is 53.6 Å². The fraction of sp³-hybridized carbons (Fsp3) is 0.500. The molecule has 36 heavy (non-hydrogen) atoms. The van der Waals surface area contributed by atoms with Gasteiger partial charge in [0.05, 0.1) is 19.3 Å². The maximum atomic E-state index is 13.1. The highest BCUT2D eigenvalue weighted by molar-refractivity contribution is 5.91. The Bertz CT molecular complexity index is 961. The lowest BCUT2D eigenvalue weighted by atomic mass is 10.1. The molecule has 0 aliphatic carbocycles. The number of benzene rings is 2. The van der Waals surface area contributed by atoms with E-state index in [2.05, 4.69) is 19.2 Å². The van der Waals surface area contributed by atoms with Crippen molar-refractivity contribution in [3.8, 4) is 11.5 Å². The molecule has 2 aromatic rings. The van der Waals surface area contributed by atoms with Crippen molar-refractivity contribution in [1.82, 2.24) is 4.90 Å². The van der Waals surface area contributed by atoms with Gasteiger partial charge >= 0.3 is 12.0 Å². The number of urea groups is 1. The van der Waals surface area contributed by atoms with Crippen LogP contribution in [0.1, 0.15) is 44.7 Å². The zero-order chi connectivity index (χ0) is 26.5. The van der Waals surface area contributed by atoms with Gasteiger partial charge in [-0.3, -0.25) is 0 Å². The average molecular weight is 501 g/mol. The third kappa shape index (κ3) is 9.77. The summed E-state index contributed by atoms with van der Waals surface area (Å²) >= 11 is 0. The Kier molecular flexibility index (Phi) is 12.1. The third-order valence-electron chi connectivity index (χ3n) is 5.71. The van der Waals surface area contributed by atoms with Crippen LogP contribution in [0.5, 0.6) is 11.5 Å². The van der Waals surface area contributed by atoms with Crippen LogP contribution in [0.25, 0.3) is 0 Å². The maximum absolute atomic E-state index is 13.1. The number of nitrogens with one attached hydrogen (secondary N) is 1. The molecule has 1 atom stereocenters. The molecule has 0 heterocycles. The van der Waals surface area contributed by atoms with Gasteiger partial charge < -0.3 is 29.5 Å². The van der Waals surface area contributed by atoms with Crippen LogP contribution in [0.4, 0.5) is 10.5 Å². The van der Waals surface area contributed by atoms with Crippen LogP contribution in [-0.4, -0.2) is 61.5 Å². The molecule has 0 bridgehead atoms. The first-order chi connectivity index (χ1) is 17.2. The minimum Gasteiger partial charge on any atom is -0.495 e. The Balaban J connectivity index is 1.98. The van der Waals surface area contributed by atoms with Gasteiger partial charge in [0.2, 0.25) is 0 Å². The van der Waals surface area contributed by atoms with E-state index in [0.717, 1.165) is 24.0 Å². The highest BCUT2D eigenvalue weighted by atomic mass is 16.5. The van der Waals surface area contributed by atoms with Gasteiger partial charge in [0.15, 0.2) is 6.10 Å². The second kappa shape index (κ2) is 15.0. The number of carbonyl (C=O) groups excluding carboxylic acids is 1. The van der Waals surface area contributed by atoms with E-state index in [9.17, 15) is 14.7 Å². The molecule has 0 aliphatic rings. The summed E-state index contributed by atoms with van der Waals surface area (Å²) < 4.78 is 16.6. The molecule has 0 aromatic heterocycles. The molecular weight excluding hydrogens is 460 g/mol. The van der Waals surface area contributed by atoms with Crippen LogP contribution in [0.3, 0.4) is 0 Å². The van der Waals surface area contributed by atoms with Gasteiger partial charge in [-0.25, -0.2) is 9.59 Å². The van der Waals surface area contributed by atoms with Crippen LogP contribution < -0.4 is 14.8 Å². The molecule has 8 heteroatoms. The minimum atomic E-state index is -0.976. The Morgan fingerprint density at radius 1 is 1.08 bits per heavy atom. The molecule has 0 saturated carbocycles. The molecule has 2 aromatic carbocycles. The maximum Gasteiger partial charge on any atom is 0.333 e. The number of carbonyl (C=O) groups is 2. The lowest BCUT2D eigenvalue weighted by Crippen LogP contribution is -2.38. The SMILES string of the molecule is CCOC(Cc1ccc(OCCN(CCCC(C)C)C(=O)Nc2cc(C)ccc2OC)cc1)C(=O)O. The van der Waals surface area contributed by atoms with Crippen LogP contribution in [0.15, 0.2) is 42.5 Å². The van der Waals surface area contributed by atoms with Crippen molar-refractivity contribution < 1.29 is 28.9 Å². The summed E-state index contributed by atoms with van der Waals surface area (Å²) in [7, 11) is 1.58. The number of rotatable bonds is 15. The molecule has 2 amide bonds. The fourth-order valence-electron chi connectivity index (χ4n) is 3.75. The Labute approximate surface area is 214 Å². The predicted molar refractivity (Wildman–Crippen MR) is 141 cm³/mol. The first-order valence-electron chi connectivity index (χ1n) is 12.5. The molecule has 0 radical (unpaired) electrons. The Morgan fingerprint density at radius 3 is 2.42 bits per heavy atom. The number of carboxylic acid groups (broad SMARTS) is 1. The second-order valence-corrected chi connectivity index (χ2v) is 9.14. The number of nitrogens with zero attached hydrogens (tertiary/aromatic N) is 1. The zero-order valence-electron chi connectivity index (χ0n) is 22.1. The summed E-state index contributed by atoms with van der Waals surface area (Å²) in [5, 5.41) is 12.2. The highest BCUT2D eigenvalue weighted by Gasteiger charge is 2.18. The summed E-state index contributed by atoms with van der Waals surface area (Å²) in [6.45, 7) is 9.79. The molecule has 0 saturated heterocycles. The predicted octanol–water partition coefficient (Wildman–Crippen LogP) is 5.38. The van der Waals surface area contributed by atoms with Gasteiger partial charge in [-0.05, 0) is 68.0 Å². The van der Waals surface area contributed by atoms with Crippen molar-refractivity contribution in [3.63, 3.8) is 0 Å². The zero-order valence-corrected chi connectivity index (χ0v) is 22.1. The van der Waals surface area contributed by atoms with E-state index >= 15 is 0 Å². The van der Waals surface area contributed by atoms with Crippen LogP contribution in [-0.2, 0) is 16.0 Å². The number of aliphatic carboxylic acids is 1. The van der Waals surface area contributed by atoms with E-state index in [-0.39, 0.29) is 12.5 Å². The van der Waals surface area contributed by atoms with Gasteiger partial charge in [0.25, 0.3) is 0 Å². The van der Waals surface area contributed by atoms with Crippen molar-refractivity contribution in [2.24, 2.45) is 5.92 Å². The highest BCUT2D eigenvalue weighted by Crippen LogP contribution is 2.25. The molecule has 0 spiro atoms. The number of ether oxygens (including phenoxy) is 3. The molecule has 2 N–H and O–H groups in total. The number of hydrogen-bond donors (Lipinski definition) is 2. The third-order valence-corrected chi connectivity index (χ3v) is 5.71. The summed E-state index contributed by atoms with van der Waals surface area (Å²) in [4.78, 5) is 26.2. The number of aryl methyl sites for hydroxylation is 1. The first kappa shape index (κ1) is 29.0. The van der Waals surface area contributed by atoms with E-state index in [4.69, 9.17) is 14.2 Å². The van der Waals surface area contributed by atoms with Gasteiger partial charge in [0.1, 0.15) is 18.1 Å². The monoisotopic (exact) mass is 500 g/mol. The van der Waals surface area contributed by atoms with E-state index < -0.39 is 12.1 Å². The summed E-state index contributed by atoms with van der Waals surface area (Å²) in [5.74, 6) is 0.855. The molecule has 2 rings (SSSR count). The van der Waals surface area contributed by atoms with Gasteiger partial charge in [-0.1, -0.05) is 32.0 Å². The van der Waals surface area contributed by atoms with Crippen molar-refractivity contribution in [1.29, 1.82) is 0 Å². The fourth-order valence-corrected chi connectivity index (χ4v) is 3.75. The van der Waals surface area contributed by atoms with Gasteiger partial charge in [-0.15, -0.1) is 0 Å². The summed E-state index contributed by atoms with van der Waals surface area (Å²) in [5.41, 5.74) is 2.52. The smallest absolute Gasteiger partial charge is 0.333 e. The van der Waals surface area contributed by atoms with E-state index in [1.807, 2.05) is 37.3 Å². The molecule has 8 nitrogen and oxygen atoms in total. The molecule has 0 fully saturated rings. The molecule has 1 unspecified atom stereocenters. The number of anilines is 1. The van der Waals surface area contributed by atoms with Crippen LogP contribution >= 0.6 is 0 Å². The summed E-state index contributed by atoms with van der Waals surface area (Å²) in [6, 6.07) is 12.8. The lowest BCUT2D eigenvalue weighted by Gasteiger charge is -2.24. The number of amides is 2.